The normalized spacial score (nSPS) is 27.4. The Labute approximate surface area is 48.5 Å². The third-order valence-electron chi connectivity index (χ3n) is 2.04. The highest BCUT2D eigenvalue weighted by atomic mass is 19.1. The highest BCUT2D eigenvalue weighted by Gasteiger charge is 2.46. The van der Waals surface area contributed by atoms with Crippen LogP contribution in [0.25, 0.3) is 0 Å². The zero-order chi connectivity index (χ0) is 6.20. The van der Waals surface area contributed by atoms with E-state index in [9.17, 15) is 4.39 Å². The summed E-state index contributed by atoms with van der Waals surface area (Å²) in [4.78, 5) is 0. The third kappa shape index (κ3) is 0.730. The molecule has 0 spiro atoms. The van der Waals surface area contributed by atoms with E-state index in [2.05, 4.69) is 0 Å². The van der Waals surface area contributed by atoms with Crippen molar-refractivity contribution in [2.75, 3.05) is 6.67 Å². The highest BCUT2D eigenvalue weighted by Crippen LogP contribution is 2.48. The molecule has 1 aliphatic carbocycles. The largest absolute Gasteiger partial charge is 0.393 e. The molecule has 1 N–H and O–H groups in total. The molecule has 0 aliphatic heterocycles. The van der Waals surface area contributed by atoms with Crippen molar-refractivity contribution >= 4 is 0 Å². The summed E-state index contributed by atoms with van der Waals surface area (Å²) in [6.45, 7) is 1.30. The van der Waals surface area contributed by atoms with Crippen LogP contribution >= 0.6 is 0 Å². The van der Waals surface area contributed by atoms with E-state index in [1.807, 2.05) is 0 Å². The van der Waals surface area contributed by atoms with Crippen LogP contribution in [0.1, 0.15) is 19.8 Å². The fraction of sp³-hybridized carbons (Fsp3) is 1.00. The van der Waals surface area contributed by atoms with Gasteiger partial charge in [-0.25, -0.2) is 0 Å². The van der Waals surface area contributed by atoms with Crippen LogP contribution in [-0.4, -0.2) is 17.9 Å². The Hall–Kier alpha value is -0.110. The lowest BCUT2D eigenvalue weighted by Crippen LogP contribution is -2.19. The topological polar surface area (TPSA) is 20.2 Å². The van der Waals surface area contributed by atoms with Gasteiger partial charge in [0.2, 0.25) is 0 Å². The SMILES string of the molecule is CC(O)C1(CF)CC1. The Morgan fingerprint density at radius 2 is 2.25 bits per heavy atom. The average molecular weight is 118 g/mol. The minimum atomic E-state index is -0.451. The minimum absolute atomic E-state index is 0.319. The molecular formula is C6H11FO. The molecule has 1 aliphatic rings. The van der Waals surface area contributed by atoms with Gasteiger partial charge in [0.05, 0.1) is 12.8 Å². The van der Waals surface area contributed by atoms with Gasteiger partial charge >= 0.3 is 0 Å². The van der Waals surface area contributed by atoms with Crippen molar-refractivity contribution in [3.05, 3.63) is 0 Å². The molecule has 1 fully saturated rings. The smallest absolute Gasteiger partial charge is 0.0975 e. The van der Waals surface area contributed by atoms with Crippen LogP contribution in [0.4, 0.5) is 4.39 Å². The van der Waals surface area contributed by atoms with Gasteiger partial charge in [-0.15, -0.1) is 0 Å². The molecule has 0 saturated heterocycles. The second kappa shape index (κ2) is 1.69. The molecule has 8 heavy (non-hydrogen) atoms. The van der Waals surface area contributed by atoms with Gasteiger partial charge in [-0.05, 0) is 19.8 Å². The van der Waals surface area contributed by atoms with Crippen LogP contribution < -0.4 is 0 Å². The highest BCUT2D eigenvalue weighted by molar-refractivity contribution is 4.96. The van der Waals surface area contributed by atoms with E-state index >= 15 is 0 Å². The summed E-state index contributed by atoms with van der Waals surface area (Å²) in [5, 5.41) is 8.90. The Morgan fingerprint density at radius 3 is 2.25 bits per heavy atom. The van der Waals surface area contributed by atoms with Crippen molar-refractivity contribution in [1.82, 2.24) is 0 Å². The van der Waals surface area contributed by atoms with Crippen molar-refractivity contribution in [3.8, 4) is 0 Å². The quantitative estimate of drug-likeness (QED) is 0.576. The van der Waals surface area contributed by atoms with E-state index in [1.54, 1.807) is 6.92 Å². The Bertz CT molecular complexity index is 86.5. The van der Waals surface area contributed by atoms with Gasteiger partial charge in [0.15, 0.2) is 0 Å². The van der Waals surface area contributed by atoms with Gasteiger partial charge in [-0.3, -0.25) is 4.39 Å². The van der Waals surface area contributed by atoms with Crippen molar-refractivity contribution < 1.29 is 9.50 Å². The lowest BCUT2D eigenvalue weighted by Gasteiger charge is -2.12. The second-order valence-corrected chi connectivity index (χ2v) is 2.67. The fourth-order valence-electron chi connectivity index (χ4n) is 0.824. The van der Waals surface area contributed by atoms with Crippen molar-refractivity contribution in [1.29, 1.82) is 0 Å². The molecule has 1 unspecified atom stereocenters. The summed E-state index contributed by atoms with van der Waals surface area (Å²) in [6, 6.07) is 0. The average Bonchev–Trinajstić information content (AvgIpc) is 2.44. The summed E-state index contributed by atoms with van der Waals surface area (Å²) in [5.41, 5.74) is -0.319. The zero-order valence-electron chi connectivity index (χ0n) is 5.02. The van der Waals surface area contributed by atoms with Gasteiger partial charge in [-0.1, -0.05) is 0 Å². The molecule has 0 amide bonds. The summed E-state index contributed by atoms with van der Waals surface area (Å²) in [7, 11) is 0. The lowest BCUT2D eigenvalue weighted by molar-refractivity contribution is 0.0917. The number of aliphatic hydroxyl groups excluding tert-OH is 1. The number of rotatable bonds is 2. The monoisotopic (exact) mass is 118 g/mol. The summed E-state index contributed by atoms with van der Waals surface area (Å²) >= 11 is 0. The van der Waals surface area contributed by atoms with Gasteiger partial charge in [0.1, 0.15) is 0 Å². The predicted molar refractivity (Wildman–Crippen MR) is 29.3 cm³/mol. The number of halogens is 1. The second-order valence-electron chi connectivity index (χ2n) is 2.67. The van der Waals surface area contributed by atoms with Crippen LogP contribution in [0.2, 0.25) is 0 Å². The maximum absolute atomic E-state index is 11.9. The Balaban J connectivity index is 2.41. The van der Waals surface area contributed by atoms with Crippen molar-refractivity contribution in [2.24, 2.45) is 5.41 Å². The van der Waals surface area contributed by atoms with Crippen LogP contribution in [0, 0.1) is 5.41 Å². The molecule has 0 aromatic heterocycles. The molecule has 1 atom stereocenters. The molecule has 0 heterocycles. The predicted octanol–water partition coefficient (Wildman–Crippen LogP) is 1.12. The van der Waals surface area contributed by atoms with Gasteiger partial charge in [-0.2, -0.15) is 0 Å². The van der Waals surface area contributed by atoms with Crippen LogP contribution in [0.15, 0.2) is 0 Å². The summed E-state index contributed by atoms with van der Waals surface area (Å²) < 4.78 is 11.9. The third-order valence-corrected chi connectivity index (χ3v) is 2.04. The first-order chi connectivity index (χ1) is 3.71. The maximum atomic E-state index is 11.9. The molecule has 0 radical (unpaired) electrons. The zero-order valence-corrected chi connectivity index (χ0v) is 5.02. The maximum Gasteiger partial charge on any atom is 0.0975 e. The molecular weight excluding hydrogens is 107 g/mol. The summed E-state index contributed by atoms with van der Waals surface area (Å²) in [5.74, 6) is 0. The molecule has 0 aromatic rings. The van der Waals surface area contributed by atoms with Gasteiger partial charge in [0, 0.05) is 5.41 Å². The first kappa shape index (κ1) is 6.02. The molecule has 1 nitrogen and oxygen atoms in total. The van der Waals surface area contributed by atoms with E-state index in [0.29, 0.717) is 0 Å². The number of hydrogen-bond acceptors (Lipinski definition) is 1. The molecule has 48 valence electrons. The first-order valence-corrected chi connectivity index (χ1v) is 2.95. The van der Waals surface area contributed by atoms with E-state index in [1.165, 1.54) is 0 Å². The van der Waals surface area contributed by atoms with Crippen molar-refractivity contribution in [2.45, 2.75) is 25.9 Å². The van der Waals surface area contributed by atoms with Gasteiger partial charge < -0.3 is 5.11 Å². The fourth-order valence-corrected chi connectivity index (χ4v) is 0.824. The van der Waals surface area contributed by atoms with Crippen LogP contribution in [0.5, 0.6) is 0 Å². The number of aliphatic hydroxyl groups is 1. The number of alkyl halides is 1. The molecule has 2 heteroatoms. The van der Waals surface area contributed by atoms with Crippen LogP contribution in [-0.2, 0) is 0 Å². The Kier molecular flexibility index (Phi) is 1.27. The van der Waals surface area contributed by atoms with E-state index < -0.39 is 6.10 Å². The Morgan fingerprint density at radius 1 is 1.75 bits per heavy atom. The van der Waals surface area contributed by atoms with Crippen molar-refractivity contribution in [3.63, 3.8) is 0 Å². The molecule has 1 rings (SSSR count). The van der Waals surface area contributed by atoms with E-state index in [-0.39, 0.29) is 12.1 Å². The minimum Gasteiger partial charge on any atom is -0.393 e. The lowest BCUT2D eigenvalue weighted by atomic mass is 10.0. The van der Waals surface area contributed by atoms with Gasteiger partial charge in [0.25, 0.3) is 0 Å². The number of hydrogen-bond donors (Lipinski definition) is 1. The summed E-state index contributed by atoms with van der Waals surface area (Å²) in [6.07, 6.45) is 1.27. The van der Waals surface area contributed by atoms with E-state index in [4.69, 9.17) is 5.11 Å². The molecule has 1 saturated carbocycles. The standard InChI is InChI=1S/C6H11FO/c1-5(8)6(4-7)2-3-6/h5,8H,2-4H2,1H3. The first-order valence-electron chi connectivity index (χ1n) is 2.95. The molecule has 0 bridgehead atoms. The van der Waals surface area contributed by atoms with E-state index in [0.717, 1.165) is 12.8 Å². The molecule has 0 aromatic carbocycles. The van der Waals surface area contributed by atoms with Crippen LogP contribution in [0.3, 0.4) is 0 Å².